The molecule has 3 N–H and O–H groups in total. The molecule has 1 fully saturated rings. The van der Waals surface area contributed by atoms with Gasteiger partial charge in [-0.1, -0.05) is 31.4 Å². The van der Waals surface area contributed by atoms with Gasteiger partial charge in [0.25, 0.3) is 0 Å². The van der Waals surface area contributed by atoms with Crippen molar-refractivity contribution in [2.75, 3.05) is 11.1 Å². The van der Waals surface area contributed by atoms with Gasteiger partial charge in [-0.15, -0.1) is 0 Å². The Morgan fingerprint density at radius 1 is 1.38 bits per heavy atom. The molecule has 3 heteroatoms. The van der Waals surface area contributed by atoms with E-state index in [9.17, 15) is 0 Å². The van der Waals surface area contributed by atoms with Crippen LogP contribution >= 0.6 is 11.6 Å². The molecule has 2 rings (SSSR count). The van der Waals surface area contributed by atoms with Crippen LogP contribution in [0.2, 0.25) is 5.02 Å². The van der Waals surface area contributed by atoms with E-state index < -0.39 is 0 Å². The summed E-state index contributed by atoms with van der Waals surface area (Å²) in [6, 6.07) is 4.68. The van der Waals surface area contributed by atoms with Crippen LogP contribution in [0.1, 0.15) is 38.2 Å². The Morgan fingerprint density at radius 3 is 2.69 bits per heavy atom. The summed E-state index contributed by atoms with van der Waals surface area (Å²) in [5.41, 5.74) is 8.88. The van der Waals surface area contributed by atoms with E-state index in [0.717, 1.165) is 23.4 Å². The van der Waals surface area contributed by atoms with Gasteiger partial charge in [0, 0.05) is 11.7 Å². The molecule has 1 aromatic rings. The van der Waals surface area contributed by atoms with Gasteiger partial charge < -0.3 is 11.1 Å². The highest BCUT2D eigenvalue weighted by Gasteiger charge is 2.15. The zero-order valence-corrected chi connectivity index (χ0v) is 10.5. The number of nitrogens with one attached hydrogen (secondary N) is 1. The molecular formula is C13H19ClN2. The minimum absolute atomic E-state index is 0.615. The molecule has 0 bridgehead atoms. The summed E-state index contributed by atoms with van der Waals surface area (Å²) in [6.45, 7) is 2.10. The highest BCUT2D eigenvalue weighted by molar-refractivity contribution is 6.33. The van der Waals surface area contributed by atoms with Crippen LogP contribution in [0.4, 0.5) is 11.4 Å². The van der Waals surface area contributed by atoms with Crippen LogP contribution in [0.25, 0.3) is 0 Å². The van der Waals surface area contributed by atoms with E-state index in [4.69, 9.17) is 17.3 Å². The molecule has 1 aromatic carbocycles. The molecule has 1 saturated carbocycles. The van der Waals surface area contributed by atoms with Gasteiger partial charge in [-0.05, 0) is 37.0 Å². The molecule has 0 aliphatic heterocycles. The van der Waals surface area contributed by atoms with Gasteiger partial charge in [0.1, 0.15) is 0 Å². The van der Waals surface area contributed by atoms with Gasteiger partial charge in [0.05, 0.1) is 10.7 Å². The summed E-state index contributed by atoms with van der Waals surface area (Å²) >= 11 is 6.12. The van der Waals surface area contributed by atoms with Crippen LogP contribution in [0, 0.1) is 0 Å². The van der Waals surface area contributed by atoms with E-state index in [1.165, 1.54) is 25.7 Å². The minimum Gasteiger partial charge on any atom is -0.397 e. The number of rotatable bonds is 3. The van der Waals surface area contributed by atoms with Crippen LogP contribution in [-0.4, -0.2) is 6.04 Å². The number of nitrogens with two attached hydrogens (primary N) is 1. The fraction of sp³-hybridized carbons (Fsp3) is 0.538. The van der Waals surface area contributed by atoms with Crippen molar-refractivity contribution in [3.05, 3.63) is 22.7 Å². The van der Waals surface area contributed by atoms with E-state index in [1.54, 1.807) is 0 Å². The molecule has 0 atom stereocenters. The van der Waals surface area contributed by atoms with Crippen molar-refractivity contribution in [2.24, 2.45) is 0 Å². The lowest BCUT2D eigenvalue weighted by Crippen LogP contribution is -2.14. The van der Waals surface area contributed by atoms with Crippen LogP contribution in [0.3, 0.4) is 0 Å². The van der Waals surface area contributed by atoms with Crippen LogP contribution in [0.15, 0.2) is 12.1 Å². The maximum Gasteiger partial charge on any atom is 0.0658 e. The molecule has 1 aliphatic carbocycles. The molecule has 0 heterocycles. The molecular weight excluding hydrogens is 220 g/mol. The number of anilines is 2. The lowest BCUT2D eigenvalue weighted by Gasteiger charge is -2.16. The average molecular weight is 239 g/mol. The number of aryl methyl sites for hydroxylation is 1. The first-order valence-corrected chi connectivity index (χ1v) is 6.43. The second kappa shape index (κ2) is 4.96. The third kappa shape index (κ3) is 2.43. The van der Waals surface area contributed by atoms with E-state index in [2.05, 4.69) is 18.3 Å². The first-order chi connectivity index (χ1) is 7.70. The van der Waals surface area contributed by atoms with Gasteiger partial charge in [-0.2, -0.15) is 0 Å². The molecule has 0 amide bonds. The zero-order chi connectivity index (χ0) is 11.5. The first-order valence-electron chi connectivity index (χ1n) is 6.05. The Kier molecular flexibility index (Phi) is 3.59. The normalized spacial score (nSPS) is 16.6. The van der Waals surface area contributed by atoms with Crippen LogP contribution in [-0.2, 0) is 6.42 Å². The van der Waals surface area contributed by atoms with Gasteiger partial charge in [-0.25, -0.2) is 0 Å². The first kappa shape index (κ1) is 11.6. The Bertz CT molecular complexity index is 370. The Morgan fingerprint density at radius 2 is 2.06 bits per heavy atom. The van der Waals surface area contributed by atoms with E-state index in [0.29, 0.717) is 11.1 Å². The molecule has 0 spiro atoms. The average Bonchev–Trinajstić information content (AvgIpc) is 2.76. The van der Waals surface area contributed by atoms with Crippen molar-refractivity contribution >= 4 is 23.0 Å². The number of nitrogen functional groups attached to an aromatic ring is 1. The van der Waals surface area contributed by atoms with Crippen molar-refractivity contribution in [1.29, 1.82) is 0 Å². The molecule has 0 saturated heterocycles. The molecule has 0 radical (unpaired) electrons. The molecule has 0 unspecified atom stereocenters. The van der Waals surface area contributed by atoms with Gasteiger partial charge in [-0.3, -0.25) is 0 Å². The Balaban J connectivity index is 2.17. The fourth-order valence-corrected chi connectivity index (χ4v) is 2.60. The number of hydrogen-bond acceptors (Lipinski definition) is 2. The minimum atomic E-state index is 0.615. The topological polar surface area (TPSA) is 38.0 Å². The second-order valence-corrected chi connectivity index (χ2v) is 4.92. The lowest BCUT2D eigenvalue weighted by atomic mass is 10.1. The van der Waals surface area contributed by atoms with Crippen molar-refractivity contribution in [1.82, 2.24) is 0 Å². The number of hydrogen-bond donors (Lipinski definition) is 2. The van der Waals surface area contributed by atoms with Crippen molar-refractivity contribution < 1.29 is 0 Å². The SMILES string of the molecule is CCc1cc(NC2CCCC2)cc(Cl)c1N. The maximum atomic E-state index is 6.12. The third-order valence-electron chi connectivity index (χ3n) is 3.32. The largest absolute Gasteiger partial charge is 0.397 e. The standard InChI is InChI=1S/C13H19ClN2/c1-2-9-7-11(8-12(14)13(9)15)16-10-5-3-4-6-10/h7-8,10,16H,2-6,15H2,1H3. The molecule has 88 valence electrons. The number of halogens is 1. The predicted molar refractivity (Wildman–Crippen MR) is 71.1 cm³/mol. The molecule has 1 aliphatic rings. The van der Waals surface area contributed by atoms with E-state index in [-0.39, 0.29) is 0 Å². The predicted octanol–water partition coefficient (Wildman–Crippen LogP) is 3.84. The summed E-state index contributed by atoms with van der Waals surface area (Å²) in [6.07, 6.45) is 6.13. The van der Waals surface area contributed by atoms with Crippen LogP contribution in [0.5, 0.6) is 0 Å². The summed E-state index contributed by atoms with van der Waals surface area (Å²) in [5.74, 6) is 0. The zero-order valence-electron chi connectivity index (χ0n) is 9.72. The molecule has 0 aromatic heterocycles. The highest BCUT2D eigenvalue weighted by Crippen LogP contribution is 2.30. The monoisotopic (exact) mass is 238 g/mol. The van der Waals surface area contributed by atoms with Crippen molar-refractivity contribution in [2.45, 2.75) is 45.1 Å². The van der Waals surface area contributed by atoms with Crippen molar-refractivity contribution in [3.8, 4) is 0 Å². The van der Waals surface area contributed by atoms with Gasteiger partial charge in [0.2, 0.25) is 0 Å². The maximum absolute atomic E-state index is 6.12. The third-order valence-corrected chi connectivity index (χ3v) is 3.63. The van der Waals surface area contributed by atoms with E-state index in [1.807, 2.05) is 6.07 Å². The molecule has 2 nitrogen and oxygen atoms in total. The fourth-order valence-electron chi connectivity index (χ4n) is 2.36. The summed E-state index contributed by atoms with van der Waals surface area (Å²) in [7, 11) is 0. The second-order valence-electron chi connectivity index (χ2n) is 4.51. The smallest absolute Gasteiger partial charge is 0.0658 e. The number of benzene rings is 1. The highest BCUT2D eigenvalue weighted by atomic mass is 35.5. The van der Waals surface area contributed by atoms with Crippen molar-refractivity contribution in [3.63, 3.8) is 0 Å². The Labute approximate surface area is 102 Å². The summed E-state index contributed by atoms with van der Waals surface area (Å²) in [4.78, 5) is 0. The van der Waals surface area contributed by atoms with Gasteiger partial charge in [0.15, 0.2) is 0 Å². The van der Waals surface area contributed by atoms with Crippen LogP contribution < -0.4 is 11.1 Å². The lowest BCUT2D eigenvalue weighted by molar-refractivity contribution is 0.755. The van der Waals surface area contributed by atoms with Gasteiger partial charge >= 0.3 is 0 Å². The quantitative estimate of drug-likeness (QED) is 0.786. The Hall–Kier alpha value is -0.890. The summed E-state index contributed by atoms with van der Waals surface area (Å²) < 4.78 is 0. The molecule has 16 heavy (non-hydrogen) atoms. The van der Waals surface area contributed by atoms with E-state index >= 15 is 0 Å². The summed E-state index contributed by atoms with van der Waals surface area (Å²) in [5, 5.41) is 4.21.